The van der Waals surface area contributed by atoms with Crippen LogP contribution < -0.4 is 5.73 Å². The molecule has 0 unspecified atom stereocenters. The Morgan fingerprint density at radius 2 is 2.23 bits per heavy atom. The summed E-state index contributed by atoms with van der Waals surface area (Å²) in [5.41, 5.74) is 6.33. The van der Waals surface area contributed by atoms with Gasteiger partial charge in [0.25, 0.3) is 0 Å². The number of benzene rings is 1. The zero-order valence-corrected chi connectivity index (χ0v) is 7.42. The van der Waals surface area contributed by atoms with Crippen LogP contribution in [0.3, 0.4) is 0 Å². The molecule has 0 aliphatic heterocycles. The normalized spacial score (nSPS) is 11.0. The molecule has 13 heavy (non-hydrogen) atoms. The van der Waals surface area contributed by atoms with Gasteiger partial charge in [0.1, 0.15) is 11.6 Å². The molecule has 0 aliphatic rings. The first kappa shape index (κ1) is 9.74. The molecular weight excluding hydrogens is 169 g/mol. The third kappa shape index (κ3) is 2.29. The molecule has 0 spiro atoms. The molecular formula is C10H12FNO. The van der Waals surface area contributed by atoms with Gasteiger partial charge in [0.2, 0.25) is 0 Å². The van der Waals surface area contributed by atoms with Crippen molar-refractivity contribution in [3.63, 3.8) is 0 Å². The fourth-order valence-corrected chi connectivity index (χ4v) is 1.02. The molecule has 1 aromatic rings. The molecule has 1 aromatic carbocycles. The SMILES string of the molecule is Cc1cc(/C=C/CN)c(F)cc1O. The highest BCUT2D eigenvalue weighted by molar-refractivity contribution is 5.53. The Bertz CT molecular complexity index is 334. The summed E-state index contributed by atoms with van der Waals surface area (Å²) in [5, 5.41) is 9.16. The average Bonchev–Trinajstić information content (AvgIpc) is 2.09. The summed E-state index contributed by atoms with van der Waals surface area (Å²) in [6.07, 6.45) is 3.26. The van der Waals surface area contributed by atoms with E-state index in [2.05, 4.69) is 0 Å². The maximum atomic E-state index is 13.1. The second kappa shape index (κ2) is 4.05. The minimum absolute atomic E-state index is 0.0256. The molecule has 0 atom stereocenters. The van der Waals surface area contributed by atoms with Crippen molar-refractivity contribution in [3.8, 4) is 5.75 Å². The number of hydrogen-bond acceptors (Lipinski definition) is 2. The van der Waals surface area contributed by atoms with E-state index in [0.29, 0.717) is 17.7 Å². The first-order valence-electron chi connectivity index (χ1n) is 4.01. The zero-order valence-electron chi connectivity index (χ0n) is 7.42. The van der Waals surface area contributed by atoms with Crippen molar-refractivity contribution in [3.05, 3.63) is 35.2 Å². The summed E-state index contributed by atoms with van der Waals surface area (Å²) in [5.74, 6) is -0.463. The van der Waals surface area contributed by atoms with Gasteiger partial charge in [-0.05, 0) is 18.6 Å². The van der Waals surface area contributed by atoms with Gasteiger partial charge in [0, 0.05) is 18.2 Å². The molecule has 0 fully saturated rings. The van der Waals surface area contributed by atoms with Crippen LogP contribution in [-0.4, -0.2) is 11.7 Å². The molecule has 3 heteroatoms. The molecule has 3 N–H and O–H groups in total. The molecule has 0 bridgehead atoms. The van der Waals surface area contributed by atoms with Gasteiger partial charge in [-0.2, -0.15) is 0 Å². The van der Waals surface area contributed by atoms with E-state index >= 15 is 0 Å². The second-order valence-corrected chi connectivity index (χ2v) is 2.80. The highest BCUT2D eigenvalue weighted by Crippen LogP contribution is 2.21. The van der Waals surface area contributed by atoms with Crippen LogP contribution in [-0.2, 0) is 0 Å². The molecule has 0 saturated heterocycles. The summed E-state index contributed by atoms with van der Waals surface area (Å²) >= 11 is 0. The Morgan fingerprint density at radius 3 is 2.85 bits per heavy atom. The summed E-state index contributed by atoms with van der Waals surface area (Å²) in [7, 11) is 0. The number of halogens is 1. The number of nitrogens with two attached hydrogens (primary N) is 1. The van der Waals surface area contributed by atoms with Crippen molar-refractivity contribution in [2.24, 2.45) is 5.73 Å². The molecule has 1 rings (SSSR count). The zero-order chi connectivity index (χ0) is 9.84. The highest BCUT2D eigenvalue weighted by atomic mass is 19.1. The first-order chi connectivity index (χ1) is 6.15. The first-order valence-corrected chi connectivity index (χ1v) is 4.01. The second-order valence-electron chi connectivity index (χ2n) is 2.80. The lowest BCUT2D eigenvalue weighted by Gasteiger charge is -2.01. The summed E-state index contributed by atoms with van der Waals surface area (Å²) in [6, 6.07) is 2.68. The fourth-order valence-electron chi connectivity index (χ4n) is 1.02. The smallest absolute Gasteiger partial charge is 0.134 e. The van der Waals surface area contributed by atoms with E-state index in [0.717, 1.165) is 6.07 Å². The van der Waals surface area contributed by atoms with Gasteiger partial charge in [0.05, 0.1) is 0 Å². The van der Waals surface area contributed by atoms with Crippen LogP contribution in [0.4, 0.5) is 4.39 Å². The van der Waals surface area contributed by atoms with Gasteiger partial charge >= 0.3 is 0 Å². The lowest BCUT2D eigenvalue weighted by atomic mass is 10.1. The molecule has 0 aromatic heterocycles. The van der Waals surface area contributed by atoms with Crippen LogP contribution >= 0.6 is 0 Å². The maximum absolute atomic E-state index is 13.1. The van der Waals surface area contributed by atoms with Crippen molar-refractivity contribution < 1.29 is 9.50 Å². The largest absolute Gasteiger partial charge is 0.508 e. The standard InChI is InChI=1S/C10H12FNO/c1-7-5-8(3-2-4-12)9(11)6-10(7)13/h2-3,5-6,13H,4,12H2,1H3/b3-2+. The van der Waals surface area contributed by atoms with Crippen molar-refractivity contribution in [2.75, 3.05) is 6.54 Å². The van der Waals surface area contributed by atoms with E-state index in [1.54, 1.807) is 25.1 Å². The van der Waals surface area contributed by atoms with Crippen molar-refractivity contribution in [2.45, 2.75) is 6.92 Å². The Hall–Kier alpha value is -1.35. The number of aryl methyl sites for hydroxylation is 1. The van der Waals surface area contributed by atoms with E-state index in [4.69, 9.17) is 10.8 Å². The third-order valence-electron chi connectivity index (χ3n) is 1.75. The number of hydrogen-bond donors (Lipinski definition) is 2. The van der Waals surface area contributed by atoms with E-state index < -0.39 is 5.82 Å². The molecule has 70 valence electrons. The van der Waals surface area contributed by atoms with Crippen molar-refractivity contribution in [1.29, 1.82) is 0 Å². The molecule has 2 nitrogen and oxygen atoms in total. The molecule has 0 saturated carbocycles. The summed E-state index contributed by atoms with van der Waals surface area (Å²) < 4.78 is 13.1. The minimum Gasteiger partial charge on any atom is -0.508 e. The van der Waals surface area contributed by atoms with Crippen LogP contribution in [0.25, 0.3) is 6.08 Å². The molecule has 0 heterocycles. The van der Waals surface area contributed by atoms with Crippen LogP contribution in [0, 0.1) is 12.7 Å². The van der Waals surface area contributed by atoms with Crippen LogP contribution in [0.2, 0.25) is 0 Å². The van der Waals surface area contributed by atoms with Gasteiger partial charge < -0.3 is 10.8 Å². The lowest BCUT2D eigenvalue weighted by molar-refractivity contribution is 0.464. The van der Waals surface area contributed by atoms with Crippen LogP contribution in [0.5, 0.6) is 5.75 Å². The van der Waals surface area contributed by atoms with E-state index in [1.807, 2.05) is 0 Å². The van der Waals surface area contributed by atoms with Crippen molar-refractivity contribution >= 4 is 6.08 Å². The number of phenolic OH excluding ortho intramolecular Hbond substituents is 1. The highest BCUT2D eigenvalue weighted by Gasteiger charge is 2.02. The van der Waals surface area contributed by atoms with E-state index in [9.17, 15) is 4.39 Å². The Labute approximate surface area is 76.5 Å². The predicted octanol–water partition coefficient (Wildman–Crippen LogP) is 1.81. The lowest BCUT2D eigenvalue weighted by Crippen LogP contribution is -1.93. The summed E-state index contributed by atoms with van der Waals surface area (Å²) in [4.78, 5) is 0. The number of phenols is 1. The van der Waals surface area contributed by atoms with E-state index in [-0.39, 0.29) is 5.75 Å². The minimum atomic E-state index is -0.437. The Balaban J connectivity index is 3.08. The van der Waals surface area contributed by atoms with Crippen molar-refractivity contribution in [1.82, 2.24) is 0 Å². The fraction of sp³-hybridized carbons (Fsp3) is 0.200. The van der Waals surface area contributed by atoms with Gasteiger partial charge in [0.15, 0.2) is 0 Å². The van der Waals surface area contributed by atoms with Gasteiger partial charge in [-0.15, -0.1) is 0 Å². The van der Waals surface area contributed by atoms with E-state index in [1.165, 1.54) is 0 Å². The van der Waals surface area contributed by atoms with Crippen LogP contribution in [0.15, 0.2) is 18.2 Å². The Kier molecular flexibility index (Phi) is 3.03. The molecule has 0 amide bonds. The van der Waals surface area contributed by atoms with Crippen LogP contribution in [0.1, 0.15) is 11.1 Å². The predicted molar refractivity (Wildman–Crippen MR) is 50.9 cm³/mol. The molecule has 0 aliphatic carbocycles. The third-order valence-corrected chi connectivity index (χ3v) is 1.75. The Morgan fingerprint density at radius 1 is 1.54 bits per heavy atom. The maximum Gasteiger partial charge on any atom is 0.134 e. The molecule has 0 radical (unpaired) electrons. The van der Waals surface area contributed by atoms with Gasteiger partial charge in [-0.1, -0.05) is 12.2 Å². The number of rotatable bonds is 2. The topological polar surface area (TPSA) is 46.2 Å². The summed E-state index contributed by atoms with van der Waals surface area (Å²) in [6.45, 7) is 2.09. The average molecular weight is 181 g/mol. The van der Waals surface area contributed by atoms with Gasteiger partial charge in [-0.3, -0.25) is 0 Å². The number of aromatic hydroxyl groups is 1. The monoisotopic (exact) mass is 181 g/mol. The quantitative estimate of drug-likeness (QED) is 0.730. The van der Waals surface area contributed by atoms with Gasteiger partial charge in [-0.25, -0.2) is 4.39 Å².